The maximum atomic E-state index is 12.8. The zero-order valence-electron chi connectivity index (χ0n) is 15.2. The van der Waals surface area contributed by atoms with Crippen molar-refractivity contribution in [3.8, 4) is 5.75 Å². The van der Waals surface area contributed by atoms with Gasteiger partial charge in [0.1, 0.15) is 11.8 Å². The monoisotopic (exact) mass is 452 g/mol. The van der Waals surface area contributed by atoms with E-state index in [1.165, 1.54) is 4.90 Å². The maximum absolute atomic E-state index is 12.8. The summed E-state index contributed by atoms with van der Waals surface area (Å²) in [5.74, 6) is -0.0846. The zero-order valence-corrected chi connectivity index (χ0v) is 17.6. The molecule has 5 nitrogen and oxygen atoms in total. The molecule has 7 heteroatoms. The molecule has 0 saturated carbocycles. The van der Waals surface area contributed by atoms with Crippen molar-refractivity contribution in [1.29, 1.82) is 0 Å². The third-order valence-corrected chi connectivity index (χ3v) is 4.75. The Hall–Kier alpha value is -2.05. The second-order valence-corrected chi connectivity index (χ2v) is 7.26. The first-order valence-corrected chi connectivity index (χ1v) is 9.78. The number of hydrogen-bond acceptors (Lipinski definition) is 3. The number of benzene rings is 2. The van der Waals surface area contributed by atoms with E-state index in [1.807, 2.05) is 37.3 Å². The van der Waals surface area contributed by atoms with Gasteiger partial charge in [-0.25, -0.2) is 0 Å². The lowest BCUT2D eigenvalue weighted by Crippen LogP contribution is -2.49. The van der Waals surface area contributed by atoms with Crippen LogP contribution in [0.5, 0.6) is 5.75 Å². The van der Waals surface area contributed by atoms with Crippen LogP contribution in [0.1, 0.15) is 19.4 Å². The molecule has 2 rings (SSSR count). The van der Waals surface area contributed by atoms with Gasteiger partial charge >= 0.3 is 0 Å². The lowest BCUT2D eigenvalue weighted by Gasteiger charge is -2.28. The smallest absolute Gasteiger partial charge is 0.261 e. The summed E-state index contributed by atoms with van der Waals surface area (Å²) in [7, 11) is 0. The minimum absolute atomic E-state index is 0.205. The number of carbonyl (C=O) groups excluding carboxylic acids is 2. The molecule has 2 aromatic carbocycles. The van der Waals surface area contributed by atoms with Crippen molar-refractivity contribution in [1.82, 2.24) is 10.2 Å². The first kappa shape index (κ1) is 21.3. The normalized spacial score (nSPS) is 11.6. The predicted molar refractivity (Wildman–Crippen MR) is 110 cm³/mol. The highest BCUT2D eigenvalue weighted by Gasteiger charge is 2.26. The first-order valence-electron chi connectivity index (χ1n) is 8.61. The predicted octanol–water partition coefficient (Wildman–Crippen LogP) is 4.03. The SMILES string of the molecule is CCNC(=O)[C@@H](C)N(Cc1ccccc1)C(=O)COc1ccc(Br)cc1Cl. The van der Waals surface area contributed by atoms with Crippen LogP contribution in [-0.4, -0.2) is 35.9 Å². The summed E-state index contributed by atoms with van der Waals surface area (Å²) in [4.78, 5) is 26.6. The summed E-state index contributed by atoms with van der Waals surface area (Å²) in [5, 5.41) is 3.16. The van der Waals surface area contributed by atoms with E-state index in [9.17, 15) is 9.59 Å². The molecule has 2 aromatic rings. The van der Waals surface area contributed by atoms with Gasteiger partial charge in [0, 0.05) is 17.6 Å². The summed E-state index contributed by atoms with van der Waals surface area (Å²) < 4.78 is 6.41. The van der Waals surface area contributed by atoms with Gasteiger partial charge in [-0.1, -0.05) is 57.9 Å². The molecule has 0 aromatic heterocycles. The van der Waals surface area contributed by atoms with Crippen molar-refractivity contribution in [2.75, 3.05) is 13.2 Å². The van der Waals surface area contributed by atoms with E-state index in [1.54, 1.807) is 25.1 Å². The fraction of sp³-hybridized carbons (Fsp3) is 0.300. The molecule has 144 valence electrons. The van der Waals surface area contributed by atoms with Crippen molar-refractivity contribution in [3.05, 3.63) is 63.6 Å². The lowest BCUT2D eigenvalue weighted by molar-refractivity contribution is -0.142. The molecule has 27 heavy (non-hydrogen) atoms. The summed E-state index contributed by atoms with van der Waals surface area (Å²) in [5.41, 5.74) is 0.934. The molecule has 0 heterocycles. The van der Waals surface area contributed by atoms with Crippen LogP contribution in [0.4, 0.5) is 0 Å². The quantitative estimate of drug-likeness (QED) is 0.656. The van der Waals surface area contributed by atoms with Gasteiger partial charge in [-0.05, 0) is 37.6 Å². The lowest BCUT2D eigenvalue weighted by atomic mass is 10.1. The highest BCUT2D eigenvalue weighted by molar-refractivity contribution is 9.10. The highest BCUT2D eigenvalue weighted by atomic mass is 79.9. The van der Waals surface area contributed by atoms with Crippen LogP contribution in [0.15, 0.2) is 53.0 Å². The van der Waals surface area contributed by atoms with Gasteiger partial charge in [0.2, 0.25) is 5.91 Å². The van der Waals surface area contributed by atoms with Gasteiger partial charge in [0.05, 0.1) is 5.02 Å². The van der Waals surface area contributed by atoms with E-state index in [2.05, 4.69) is 21.2 Å². The van der Waals surface area contributed by atoms with Crippen molar-refractivity contribution in [2.24, 2.45) is 0 Å². The Bertz CT molecular complexity index is 786. The number of nitrogens with one attached hydrogen (secondary N) is 1. The van der Waals surface area contributed by atoms with Crippen LogP contribution in [0.2, 0.25) is 5.02 Å². The molecule has 0 fully saturated rings. The van der Waals surface area contributed by atoms with Gasteiger partial charge in [-0.15, -0.1) is 0 Å². The Labute approximate surface area is 172 Å². The third-order valence-electron chi connectivity index (χ3n) is 3.96. The number of carbonyl (C=O) groups is 2. The minimum Gasteiger partial charge on any atom is -0.482 e. The fourth-order valence-electron chi connectivity index (χ4n) is 2.50. The number of amides is 2. The number of ether oxygens (including phenoxy) is 1. The fourth-order valence-corrected chi connectivity index (χ4v) is 3.23. The molecule has 0 unspecified atom stereocenters. The molecular weight excluding hydrogens is 432 g/mol. The van der Waals surface area contributed by atoms with Gasteiger partial charge in [0.25, 0.3) is 5.91 Å². The number of hydrogen-bond donors (Lipinski definition) is 1. The van der Waals surface area contributed by atoms with Gasteiger partial charge < -0.3 is 15.0 Å². The van der Waals surface area contributed by atoms with Crippen LogP contribution < -0.4 is 10.1 Å². The molecule has 0 aliphatic rings. The average Bonchev–Trinajstić information content (AvgIpc) is 2.65. The van der Waals surface area contributed by atoms with Crippen LogP contribution in [0, 0.1) is 0 Å². The molecule has 0 radical (unpaired) electrons. The molecule has 0 aliphatic heterocycles. The molecule has 0 saturated heterocycles. The zero-order chi connectivity index (χ0) is 19.8. The van der Waals surface area contributed by atoms with Crippen molar-refractivity contribution in [3.63, 3.8) is 0 Å². The molecule has 0 bridgehead atoms. The first-order chi connectivity index (χ1) is 12.9. The second kappa shape index (κ2) is 10.3. The molecule has 1 N–H and O–H groups in total. The third kappa shape index (κ3) is 6.26. The standard InChI is InChI=1S/C20H22BrClN2O3/c1-3-23-20(26)14(2)24(12-15-7-5-4-6-8-15)19(25)13-27-18-10-9-16(21)11-17(18)22/h4-11,14H,3,12-13H2,1-2H3,(H,23,26)/t14-/m1/s1. The Morgan fingerprint density at radius 2 is 1.93 bits per heavy atom. The van der Waals surface area contributed by atoms with E-state index in [-0.39, 0.29) is 18.4 Å². The van der Waals surface area contributed by atoms with E-state index in [4.69, 9.17) is 16.3 Å². The maximum Gasteiger partial charge on any atom is 0.261 e. The van der Waals surface area contributed by atoms with E-state index >= 15 is 0 Å². The van der Waals surface area contributed by atoms with Crippen LogP contribution in [-0.2, 0) is 16.1 Å². The Morgan fingerprint density at radius 1 is 1.22 bits per heavy atom. The summed E-state index contributed by atoms with van der Waals surface area (Å²) in [6, 6.07) is 14.1. The summed E-state index contributed by atoms with van der Waals surface area (Å²) in [6.45, 7) is 4.15. The van der Waals surface area contributed by atoms with Crippen molar-refractivity contribution in [2.45, 2.75) is 26.4 Å². The minimum atomic E-state index is -0.623. The second-order valence-electron chi connectivity index (χ2n) is 5.94. The number of nitrogens with zero attached hydrogens (tertiary/aromatic N) is 1. The summed E-state index contributed by atoms with van der Waals surface area (Å²) >= 11 is 9.46. The van der Waals surface area contributed by atoms with E-state index < -0.39 is 6.04 Å². The van der Waals surface area contributed by atoms with Crippen LogP contribution in [0.25, 0.3) is 0 Å². The molecule has 1 atom stereocenters. The molecule has 0 aliphatic carbocycles. The number of rotatable bonds is 8. The van der Waals surface area contributed by atoms with Crippen LogP contribution in [0.3, 0.4) is 0 Å². The average molecular weight is 454 g/mol. The summed E-state index contributed by atoms with van der Waals surface area (Å²) in [6.07, 6.45) is 0. The molecule has 2 amide bonds. The van der Waals surface area contributed by atoms with Crippen LogP contribution >= 0.6 is 27.5 Å². The number of halogens is 2. The number of likely N-dealkylation sites (N-methyl/N-ethyl adjacent to an activating group) is 1. The topological polar surface area (TPSA) is 58.6 Å². The molecular formula is C20H22BrClN2O3. The van der Waals surface area contributed by atoms with Gasteiger partial charge in [-0.2, -0.15) is 0 Å². The van der Waals surface area contributed by atoms with E-state index in [0.29, 0.717) is 23.9 Å². The van der Waals surface area contributed by atoms with Gasteiger partial charge in [0.15, 0.2) is 6.61 Å². The van der Waals surface area contributed by atoms with Crippen molar-refractivity contribution >= 4 is 39.3 Å². The Morgan fingerprint density at radius 3 is 2.56 bits per heavy atom. The Kier molecular flexibility index (Phi) is 8.13. The highest BCUT2D eigenvalue weighted by Crippen LogP contribution is 2.27. The van der Waals surface area contributed by atoms with Gasteiger partial charge in [-0.3, -0.25) is 9.59 Å². The molecule has 0 spiro atoms. The van der Waals surface area contributed by atoms with E-state index in [0.717, 1.165) is 10.0 Å². The van der Waals surface area contributed by atoms with Crippen molar-refractivity contribution < 1.29 is 14.3 Å². The Balaban J connectivity index is 2.13. The largest absolute Gasteiger partial charge is 0.482 e.